The van der Waals surface area contributed by atoms with Gasteiger partial charge in [-0.3, -0.25) is 4.57 Å². The Balaban J connectivity index is 0.000000261. The van der Waals surface area contributed by atoms with Gasteiger partial charge in [-0.15, -0.1) is 0 Å². The fraction of sp³-hybridized carbons (Fsp3) is 1.00. The van der Waals surface area contributed by atoms with Crippen LogP contribution in [-0.4, -0.2) is 19.9 Å². The van der Waals surface area contributed by atoms with Crippen molar-refractivity contribution in [3.8, 4) is 0 Å². The fourth-order valence-electron chi connectivity index (χ4n) is 0.557. The fourth-order valence-corrected chi connectivity index (χ4v) is 1.55. The highest BCUT2D eigenvalue weighted by Gasteiger charge is 2.19. The van der Waals surface area contributed by atoms with Crippen molar-refractivity contribution in [1.82, 2.24) is 0 Å². The zero-order chi connectivity index (χ0) is 9.45. The van der Waals surface area contributed by atoms with Crippen molar-refractivity contribution in [3.05, 3.63) is 0 Å². The van der Waals surface area contributed by atoms with Crippen molar-refractivity contribution in [3.63, 3.8) is 0 Å². The van der Waals surface area contributed by atoms with Gasteiger partial charge >= 0.3 is 7.60 Å². The molecule has 0 radical (unpaired) electrons. The number of hydrogen-bond acceptors (Lipinski definition) is 3. The van der Waals surface area contributed by atoms with Crippen LogP contribution in [0.4, 0.5) is 0 Å². The van der Waals surface area contributed by atoms with Gasteiger partial charge in [0.15, 0.2) is 0 Å². The van der Waals surface area contributed by atoms with Gasteiger partial charge in [0.25, 0.3) is 0 Å². The average molecular weight is 194 g/mol. The summed E-state index contributed by atoms with van der Waals surface area (Å²) >= 11 is 0. The summed E-state index contributed by atoms with van der Waals surface area (Å²) in [7, 11) is -2.59. The van der Waals surface area contributed by atoms with E-state index < -0.39 is 7.60 Å². The maximum absolute atomic E-state index is 10.8. The number of hydrogen-bond donors (Lipinski definition) is 0. The van der Waals surface area contributed by atoms with Crippen LogP contribution < -0.4 is 0 Å². The lowest BCUT2D eigenvalue weighted by Gasteiger charge is -2.18. The Hall–Kier alpha value is 0.150. The summed E-state index contributed by atoms with van der Waals surface area (Å²) in [5.74, 6) is 0. The molecule has 0 aromatic heterocycles. The summed E-state index contributed by atoms with van der Waals surface area (Å²) in [5.41, 5.74) is 0. The van der Waals surface area contributed by atoms with Crippen LogP contribution in [-0.2, 0) is 13.6 Å². The predicted molar refractivity (Wildman–Crippen MR) is 50.6 cm³/mol. The Morgan fingerprint density at radius 1 is 1.17 bits per heavy atom. The summed E-state index contributed by atoms with van der Waals surface area (Å²) < 4.78 is 20.4. The van der Waals surface area contributed by atoms with Crippen molar-refractivity contribution in [2.75, 3.05) is 19.9 Å². The molecule has 0 saturated carbocycles. The Bertz CT molecular complexity index is 135. The molecular formula is C8H19O3P. The Kier molecular flexibility index (Phi) is 6.73. The number of rotatable bonds is 1. The SMILES string of the molecule is CCCC.CP1(=O)OCCCO1. The topological polar surface area (TPSA) is 35.5 Å². The Morgan fingerprint density at radius 2 is 1.58 bits per heavy atom. The molecule has 3 nitrogen and oxygen atoms in total. The van der Waals surface area contributed by atoms with Crippen molar-refractivity contribution in [2.45, 2.75) is 33.1 Å². The van der Waals surface area contributed by atoms with E-state index in [0.717, 1.165) is 6.42 Å². The van der Waals surface area contributed by atoms with Gasteiger partial charge in [-0.2, -0.15) is 0 Å². The van der Waals surface area contributed by atoms with Gasteiger partial charge in [0.05, 0.1) is 13.2 Å². The molecule has 0 spiro atoms. The molecule has 74 valence electrons. The van der Waals surface area contributed by atoms with Gasteiger partial charge in [-0.05, 0) is 6.42 Å². The van der Waals surface area contributed by atoms with Crippen molar-refractivity contribution in [2.24, 2.45) is 0 Å². The molecular weight excluding hydrogens is 175 g/mol. The molecule has 1 aliphatic rings. The summed E-state index contributed by atoms with van der Waals surface area (Å²) in [6, 6.07) is 0. The van der Waals surface area contributed by atoms with Crippen LogP contribution in [0.5, 0.6) is 0 Å². The van der Waals surface area contributed by atoms with E-state index in [0.29, 0.717) is 13.2 Å². The molecule has 12 heavy (non-hydrogen) atoms. The second-order valence-electron chi connectivity index (χ2n) is 2.79. The highest BCUT2D eigenvalue weighted by molar-refractivity contribution is 7.53. The van der Waals surface area contributed by atoms with Crippen molar-refractivity contribution >= 4 is 7.60 Å². The maximum Gasteiger partial charge on any atom is 0.327 e. The van der Waals surface area contributed by atoms with Gasteiger partial charge < -0.3 is 9.05 Å². The van der Waals surface area contributed by atoms with Gasteiger partial charge in [-0.25, -0.2) is 0 Å². The van der Waals surface area contributed by atoms with Crippen LogP contribution in [0.15, 0.2) is 0 Å². The van der Waals surface area contributed by atoms with Gasteiger partial charge in [-0.1, -0.05) is 26.7 Å². The molecule has 1 heterocycles. The van der Waals surface area contributed by atoms with E-state index in [1.165, 1.54) is 19.5 Å². The molecule has 0 amide bonds. The minimum Gasteiger partial charge on any atom is -0.309 e. The third kappa shape index (κ3) is 6.84. The summed E-state index contributed by atoms with van der Waals surface area (Å²) in [5, 5.41) is 0. The molecule has 0 aromatic carbocycles. The zero-order valence-corrected chi connectivity index (χ0v) is 9.10. The first-order valence-electron chi connectivity index (χ1n) is 4.49. The van der Waals surface area contributed by atoms with Gasteiger partial charge in [0, 0.05) is 6.66 Å². The molecule has 1 rings (SSSR count). The third-order valence-electron chi connectivity index (χ3n) is 1.44. The highest BCUT2D eigenvalue weighted by atomic mass is 31.2. The normalized spacial score (nSPS) is 20.9. The van der Waals surface area contributed by atoms with E-state index in [9.17, 15) is 4.57 Å². The second-order valence-corrected chi connectivity index (χ2v) is 4.85. The molecule has 0 atom stereocenters. The lowest BCUT2D eigenvalue weighted by atomic mass is 10.4. The van der Waals surface area contributed by atoms with Crippen LogP contribution in [0, 0.1) is 0 Å². The van der Waals surface area contributed by atoms with E-state index in [2.05, 4.69) is 13.8 Å². The lowest BCUT2D eigenvalue weighted by Crippen LogP contribution is -2.06. The van der Waals surface area contributed by atoms with Crippen LogP contribution in [0.3, 0.4) is 0 Å². The molecule has 4 heteroatoms. The van der Waals surface area contributed by atoms with Gasteiger partial charge in [0.1, 0.15) is 0 Å². The van der Waals surface area contributed by atoms with Crippen LogP contribution in [0.2, 0.25) is 0 Å². The molecule has 1 aliphatic heterocycles. The van der Waals surface area contributed by atoms with Crippen molar-refractivity contribution in [1.29, 1.82) is 0 Å². The van der Waals surface area contributed by atoms with Crippen molar-refractivity contribution < 1.29 is 13.6 Å². The third-order valence-corrected chi connectivity index (χ3v) is 2.74. The summed E-state index contributed by atoms with van der Waals surface area (Å²) in [6.07, 6.45) is 3.50. The minimum absolute atomic E-state index is 0.577. The van der Waals surface area contributed by atoms with E-state index in [1.54, 1.807) is 0 Å². The Morgan fingerprint density at radius 3 is 1.75 bits per heavy atom. The highest BCUT2D eigenvalue weighted by Crippen LogP contribution is 2.46. The number of unbranched alkanes of at least 4 members (excludes halogenated alkanes) is 1. The predicted octanol–water partition coefficient (Wildman–Crippen LogP) is 3.05. The van der Waals surface area contributed by atoms with Crippen LogP contribution >= 0.6 is 7.60 Å². The second kappa shape index (κ2) is 6.64. The smallest absolute Gasteiger partial charge is 0.309 e. The van der Waals surface area contributed by atoms with E-state index in [4.69, 9.17) is 9.05 Å². The molecule has 1 fully saturated rings. The Labute approximate surface area is 75.0 Å². The molecule has 0 bridgehead atoms. The monoisotopic (exact) mass is 194 g/mol. The minimum atomic E-state index is -2.59. The first-order chi connectivity index (χ1) is 5.62. The molecule has 0 unspecified atom stereocenters. The van der Waals surface area contributed by atoms with Crippen LogP contribution in [0.25, 0.3) is 0 Å². The quantitative estimate of drug-likeness (QED) is 0.602. The van der Waals surface area contributed by atoms with Crippen LogP contribution in [0.1, 0.15) is 33.1 Å². The molecule has 0 N–H and O–H groups in total. The summed E-state index contributed by atoms with van der Waals surface area (Å²) in [4.78, 5) is 0. The lowest BCUT2D eigenvalue weighted by molar-refractivity contribution is 0.150. The van der Waals surface area contributed by atoms with Gasteiger partial charge in [0.2, 0.25) is 0 Å². The molecule has 0 aliphatic carbocycles. The van der Waals surface area contributed by atoms with E-state index >= 15 is 0 Å². The first kappa shape index (κ1) is 12.2. The first-order valence-corrected chi connectivity index (χ1v) is 6.48. The largest absolute Gasteiger partial charge is 0.327 e. The van der Waals surface area contributed by atoms with E-state index in [-0.39, 0.29) is 0 Å². The molecule has 0 aromatic rings. The summed E-state index contributed by atoms with van der Waals surface area (Å²) in [6.45, 7) is 7.01. The van der Waals surface area contributed by atoms with E-state index in [1.807, 2.05) is 0 Å². The standard InChI is InChI=1S/C4H9O3P.C4H10/c1-8(5)6-3-2-4-7-8;1-3-4-2/h2-4H2,1H3;3-4H2,1-2H3. The average Bonchev–Trinajstić information content (AvgIpc) is 2.05. The zero-order valence-electron chi connectivity index (χ0n) is 8.21. The molecule has 1 saturated heterocycles. The maximum atomic E-state index is 10.8.